The van der Waals surface area contributed by atoms with Gasteiger partial charge in [-0.3, -0.25) is 14.8 Å². The van der Waals surface area contributed by atoms with Gasteiger partial charge in [0, 0.05) is 6.42 Å². The van der Waals surface area contributed by atoms with Gasteiger partial charge in [-0.25, -0.2) is 5.48 Å². The van der Waals surface area contributed by atoms with Crippen molar-refractivity contribution < 1.29 is 14.8 Å². The van der Waals surface area contributed by atoms with Gasteiger partial charge in [0.05, 0.1) is 0 Å². The summed E-state index contributed by atoms with van der Waals surface area (Å²) in [5, 5.41) is 10.8. The minimum atomic E-state index is -0.755. The van der Waals surface area contributed by atoms with Gasteiger partial charge in [0.25, 0.3) is 5.91 Å². The highest BCUT2D eigenvalue weighted by Crippen LogP contribution is 2.02. The molecule has 1 rings (SSSR count). The zero-order valence-corrected chi connectivity index (χ0v) is 8.01. The first-order chi connectivity index (χ1) is 7.27. The van der Waals surface area contributed by atoms with Crippen LogP contribution in [-0.2, 0) is 16.0 Å². The van der Waals surface area contributed by atoms with Crippen molar-refractivity contribution in [1.29, 1.82) is 0 Å². The van der Waals surface area contributed by atoms with Crippen LogP contribution in [0.4, 0.5) is 0 Å². The Bertz CT molecular complexity index is 327. The molecule has 0 saturated heterocycles. The van der Waals surface area contributed by atoms with Crippen LogP contribution in [0.15, 0.2) is 30.3 Å². The van der Waals surface area contributed by atoms with Gasteiger partial charge >= 0.3 is 0 Å². The molecule has 15 heavy (non-hydrogen) atoms. The van der Waals surface area contributed by atoms with Crippen LogP contribution in [0.1, 0.15) is 5.56 Å². The maximum absolute atomic E-state index is 11.1. The van der Waals surface area contributed by atoms with Crippen molar-refractivity contribution in [2.24, 2.45) is 0 Å². The van der Waals surface area contributed by atoms with Gasteiger partial charge in [0.15, 0.2) is 0 Å². The summed E-state index contributed by atoms with van der Waals surface area (Å²) >= 11 is 0. The van der Waals surface area contributed by atoms with Crippen LogP contribution in [0, 0.1) is 0 Å². The molecule has 80 valence electrons. The largest absolute Gasteiger partial charge is 0.346 e. The fourth-order valence-electron chi connectivity index (χ4n) is 1.24. The van der Waals surface area contributed by atoms with E-state index < -0.39 is 11.9 Å². The molecule has 0 spiro atoms. The smallest absolute Gasteiger partial charge is 0.266 e. The lowest BCUT2D eigenvalue weighted by Gasteiger charge is -2.13. The van der Waals surface area contributed by atoms with Gasteiger partial charge in [-0.1, -0.05) is 30.3 Å². The third-order valence-electron chi connectivity index (χ3n) is 1.98. The zero-order valence-electron chi connectivity index (χ0n) is 8.01. The molecule has 0 aromatic heterocycles. The van der Waals surface area contributed by atoms with Gasteiger partial charge in [0.1, 0.15) is 6.04 Å². The summed E-state index contributed by atoms with van der Waals surface area (Å²) < 4.78 is 0. The second kappa shape index (κ2) is 5.77. The first-order valence-electron chi connectivity index (χ1n) is 4.45. The molecule has 0 heterocycles. The Morgan fingerprint density at radius 3 is 2.60 bits per heavy atom. The van der Waals surface area contributed by atoms with E-state index in [-0.39, 0.29) is 0 Å². The summed E-state index contributed by atoms with van der Waals surface area (Å²) in [6.45, 7) is 0. The Kier molecular flexibility index (Phi) is 4.30. The average molecular weight is 208 g/mol. The molecule has 5 heteroatoms. The van der Waals surface area contributed by atoms with Gasteiger partial charge < -0.3 is 5.32 Å². The topological polar surface area (TPSA) is 78.4 Å². The van der Waals surface area contributed by atoms with Crippen LogP contribution in [0.5, 0.6) is 0 Å². The number of hydroxylamine groups is 1. The summed E-state index contributed by atoms with van der Waals surface area (Å²) in [5.74, 6) is -0.633. The predicted octanol–water partition coefficient (Wildman–Crippen LogP) is -0.151. The predicted molar refractivity (Wildman–Crippen MR) is 53.1 cm³/mol. The zero-order chi connectivity index (χ0) is 11.1. The maximum Gasteiger partial charge on any atom is 0.266 e. The van der Waals surface area contributed by atoms with Gasteiger partial charge in [-0.05, 0) is 5.56 Å². The highest BCUT2D eigenvalue weighted by molar-refractivity contribution is 5.82. The highest BCUT2D eigenvalue weighted by atomic mass is 16.5. The Morgan fingerprint density at radius 2 is 2.07 bits per heavy atom. The van der Waals surface area contributed by atoms with Gasteiger partial charge in [-0.2, -0.15) is 0 Å². The molecule has 0 aliphatic rings. The van der Waals surface area contributed by atoms with E-state index in [1.165, 1.54) is 5.48 Å². The van der Waals surface area contributed by atoms with Crippen molar-refractivity contribution in [3.05, 3.63) is 35.9 Å². The number of nitrogens with one attached hydrogen (secondary N) is 2. The van der Waals surface area contributed by atoms with Gasteiger partial charge in [0.2, 0.25) is 6.41 Å². The Labute approximate surface area is 87.1 Å². The fraction of sp³-hybridized carbons (Fsp3) is 0.200. The Balaban J connectivity index is 2.66. The second-order valence-corrected chi connectivity index (χ2v) is 3.00. The van der Waals surface area contributed by atoms with Gasteiger partial charge in [-0.15, -0.1) is 0 Å². The van der Waals surface area contributed by atoms with Crippen LogP contribution in [0.25, 0.3) is 0 Å². The van der Waals surface area contributed by atoms with E-state index >= 15 is 0 Å². The lowest BCUT2D eigenvalue weighted by atomic mass is 10.1. The van der Waals surface area contributed by atoms with Crippen molar-refractivity contribution in [2.45, 2.75) is 12.5 Å². The first-order valence-corrected chi connectivity index (χ1v) is 4.45. The van der Waals surface area contributed by atoms with E-state index in [1.54, 1.807) is 0 Å². The molecule has 1 atom stereocenters. The van der Waals surface area contributed by atoms with Crippen molar-refractivity contribution in [2.75, 3.05) is 0 Å². The summed E-state index contributed by atoms with van der Waals surface area (Å²) in [4.78, 5) is 21.4. The summed E-state index contributed by atoms with van der Waals surface area (Å²) in [5.41, 5.74) is 2.41. The Hall–Kier alpha value is -1.88. The van der Waals surface area contributed by atoms with Crippen LogP contribution >= 0.6 is 0 Å². The third kappa shape index (κ3) is 3.40. The van der Waals surface area contributed by atoms with Crippen molar-refractivity contribution >= 4 is 12.3 Å². The molecule has 0 aliphatic heterocycles. The lowest BCUT2D eigenvalue weighted by molar-refractivity contribution is -0.132. The molecule has 0 fully saturated rings. The van der Waals surface area contributed by atoms with E-state index in [0.29, 0.717) is 12.8 Å². The maximum atomic E-state index is 11.1. The SMILES string of the molecule is O=CNC(Cc1ccccc1)C(=O)NO. The number of hydrogen-bond acceptors (Lipinski definition) is 3. The molecular weight excluding hydrogens is 196 g/mol. The van der Waals surface area contributed by atoms with E-state index in [1.807, 2.05) is 30.3 Å². The van der Waals surface area contributed by atoms with Crippen molar-refractivity contribution in [3.8, 4) is 0 Å². The minimum Gasteiger partial charge on any atom is -0.346 e. The second-order valence-electron chi connectivity index (χ2n) is 3.00. The van der Waals surface area contributed by atoms with E-state index in [0.717, 1.165) is 5.56 Å². The molecule has 3 N–H and O–H groups in total. The van der Waals surface area contributed by atoms with E-state index in [2.05, 4.69) is 5.32 Å². The minimum absolute atomic E-state index is 0.339. The van der Waals surface area contributed by atoms with Crippen molar-refractivity contribution in [1.82, 2.24) is 10.8 Å². The quantitative estimate of drug-likeness (QED) is 0.357. The van der Waals surface area contributed by atoms with Crippen LogP contribution < -0.4 is 10.8 Å². The molecule has 1 unspecified atom stereocenters. The van der Waals surface area contributed by atoms with E-state index in [9.17, 15) is 9.59 Å². The fourth-order valence-corrected chi connectivity index (χ4v) is 1.24. The van der Waals surface area contributed by atoms with E-state index in [4.69, 9.17) is 5.21 Å². The number of benzene rings is 1. The van der Waals surface area contributed by atoms with Crippen molar-refractivity contribution in [3.63, 3.8) is 0 Å². The van der Waals surface area contributed by atoms with Crippen LogP contribution in [0.3, 0.4) is 0 Å². The number of hydrogen-bond donors (Lipinski definition) is 3. The number of rotatable bonds is 5. The Morgan fingerprint density at radius 1 is 1.40 bits per heavy atom. The number of amides is 2. The molecule has 1 aromatic rings. The highest BCUT2D eigenvalue weighted by Gasteiger charge is 2.16. The number of carbonyl (C=O) groups is 2. The average Bonchev–Trinajstić information content (AvgIpc) is 2.29. The molecule has 0 bridgehead atoms. The molecule has 0 radical (unpaired) electrons. The summed E-state index contributed by atoms with van der Waals surface area (Å²) in [6, 6.07) is 8.45. The first kappa shape index (κ1) is 11.2. The molecule has 0 saturated carbocycles. The lowest BCUT2D eigenvalue weighted by Crippen LogP contribution is -2.43. The normalized spacial score (nSPS) is 11.5. The summed E-state index contributed by atoms with van der Waals surface area (Å²) in [6.07, 6.45) is 0.773. The monoisotopic (exact) mass is 208 g/mol. The molecule has 5 nitrogen and oxygen atoms in total. The molecule has 0 aliphatic carbocycles. The van der Waals surface area contributed by atoms with Crippen LogP contribution in [-0.4, -0.2) is 23.6 Å². The molecule has 1 aromatic carbocycles. The summed E-state index contributed by atoms with van der Waals surface area (Å²) in [7, 11) is 0. The number of carbonyl (C=O) groups excluding carboxylic acids is 2. The molecule has 2 amide bonds. The third-order valence-corrected chi connectivity index (χ3v) is 1.98. The van der Waals surface area contributed by atoms with Crippen LogP contribution in [0.2, 0.25) is 0 Å². The molecular formula is C10H12N2O3. The standard InChI is InChI=1S/C10H12N2O3/c13-7-11-9(10(14)12-15)6-8-4-2-1-3-5-8/h1-5,7,9,15H,6H2,(H,11,13)(H,12,14).